The summed E-state index contributed by atoms with van der Waals surface area (Å²) >= 11 is 0. The van der Waals surface area contributed by atoms with Gasteiger partial charge in [0, 0.05) is 70.8 Å². The molecule has 310 valence electrons. The molecule has 13 atom stereocenters. The Morgan fingerprint density at radius 3 is 2.18 bits per heavy atom. The molecule has 1 amide bonds. The Morgan fingerprint density at radius 2 is 1.56 bits per heavy atom. The van der Waals surface area contributed by atoms with E-state index in [0.717, 1.165) is 27.7 Å². The molecule has 3 fully saturated rings. The fraction of sp³-hybridized carbons (Fsp3) is 0.641. The van der Waals surface area contributed by atoms with Crippen LogP contribution in [0.3, 0.4) is 0 Å². The maximum atomic E-state index is 14.5. The molecule has 1 aromatic rings. The van der Waals surface area contributed by atoms with E-state index in [1.165, 1.54) is 43.4 Å². The van der Waals surface area contributed by atoms with E-state index in [4.69, 9.17) is 28.4 Å². The molecule has 6 rings (SSSR count). The van der Waals surface area contributed by atoms with Crippen molar-refractivity contribution in [3.63, 3.8) is 0 Å². The third-order valence-electron chi connectivity index (χ3n) is 12.6. The number of cyclic esters (lactones) is 1. The van der Waals surface area contributed by atoms with Gasteiger partial charge in [-0.2, -0.15) is 0 Å². The van der Waals surface area contributed by atoms with Gasteiger partial charge in [0.1, 0.15) is 54.1 Å². The van der Waals surface area contributed by atoms with E-state index >= 15 is 0 Å². The van der Waals surface area contributed by atoms with E-state index in [9.17, 15) is 48.9 Å². The minimum Gasteiger partial charge on any atom is -0.459 e. The van der Waals surface area contributed by atoms with Gasteiger partial charge in [0.15, 0.2) is 5.60 Å². The molecule has 4 heterocycles. The van der Waals surface area contributed by atoms with Crippen LogP contribution in [0.15, 0.2) is 30.1 Å². The Bertz CT molecular complexity index is 1930. The standard InChI is InChI=1S/C39H48N2O16/c1-17-18(2)28-23(10-9-13-40-28)35(50)52-16-36(6)27-30(53-19(3)42)32(48)38(56-21(5)44)31(47)29(55-34(49)22-11-12-26(46)41(8)15-22)24(14-25(17)45)37(7,51)39(38,57-36)33(27)54-20(4)43/h9-10,13,15,17-18,24,27,29-33,47-48,51H,11-12,14,16H2,1-8H3/t17-,18+,24-,27+,29-,30+,31-,32+,33+,36-,37+,38+,39+/m0/s1. The summed E-state index contributed by atoms with van der Waals surface area (Å²) in [5.74, 6) is -10.9. The van der Waals surface area contributed by atoms with Crippen molar-refractivity contribution in [1.29, 1.82) is 0 Å². The zero-order valence-electron chi connectivity index (χ0n) is 32.9. The molecule has 0 unspecified atom stereocenters. The quantitative estimate of drug-likeness (QED) is 0.270. The van der Waals surface area contributed by atoms with Crippen LogP contribution < -0.4 is 0 Å². The lowest BCUT2D eigenvalue weighted by Gasteiger charge is -2.66. The number of esters is 5. The van der Waals surface area contributed by atoms with Crippen LogP contribution in [0, 0.1) is 17.8 Å². The molecule has 2 aliphatic carbocycles. The number of ether oxygens (including phenoxy) is 6. The normalized spacial score (nSPS) is 40.2. The van der Waals surface area contributed by atoms with Crippen LogP contribution in [-0.2, 0) is 57.2 Å². The predicted octanol–water partition coefficient (Wildman–Crippen LogP) is 0.424. The van der Waals surface area contributed by atoms with Gasteiger partial charge in [-0.25, -0.2) is 9.59 Å². The minimum absolute atomic E-state index is 0.00503. The van der Waals surface area contributed by atoms with Crippen molar-refractivity contribution >= 4 is 41.5 Å². The number of amides is 1. The average molecular weight is 801 g/mol. The van der Waals surface area contributed by atoms with Crippen LogP contribution in [-0.4, -0.2) is 133 Å². The van der Waals surface area contributed by atoms with Gasteiger partial charge in [-0.3, -0.25) is 29.0 Å². The molecule has 4 bridgehead atoms. The van der Waals surface area contributed by atoms with Crippen molar-refractivity contribution in [1.82, 2.24) is 9.88 Å². The van der Waals surface area contributed by atoms with Gasteiger partial charge in [0.25, 0.3) is 0 Å². The van der Waals surface area contributed by atoms with Gasteiger partial charge in [-0.1, -0.05) is 13.8 Å². The molecule has 2 saturated carbocycles. The number of hydrogen-bond acceptors (Lipinski definition) is 17. The number of Topliss-reactive ketones (excluding diaryl/α,β-unsaturated/α-hetero) is 1. The number of carbonyl (C=O) groups is 7. The van der Waals surface area contributed by atoms with E-state index < -0.39 is 125 Å². The van der Waals surface area contributed by atoms with Gasteiger partial charge >= 0.3 is 29.8 Å². The Balaban J connectivity index is 1.67. The number of nitrogens with zero attached hydrogens (tertiary/aromatic N) is 2. The summed E-state index contributed by atoms with van der Waals surface area (Å²) < 4.78 is 36.2. The second kappa shape index (κ2) is 14.6. The monoisotopic (exact) mass is 800 g/mol. The number of aliphatic hydroxyl groups is 3. The first-order valence-electron chi connectivity index (χ1n) is 18.7. The van der Waals surface area contributed by atoms with E-state index in [1.54, 1.807) is 13.8 Å². The Hall–Kier alpha value is -4.78. The zero-order chi connectivity index (χ0) is 42.2. The molecule has 0 radical (unpaired) electrons. The van der Waals surface area contributed by atoms with E-state index in [-0.39, 0.29) is 35.6 Å². The SMILES string of the molecule is CC(=O)O[C@@H]1[C@@H]2[C@@H](OC(C)=O)[C@]34O[C@@]2(C)COC(=O)c2cccnc2[C@H](C)[C@H](C)C(=O)C[C@@H]([C@H](OC(=O)C2=CN(C)C(=O)CC2)[C@H](O)[C@@]3(OC(C)=O)[C@@H]1O)[C@@]4(C)O. The summed E-state index contributed by atoms with van der Waals surface area (Å²) in [6.07, 6.45) is -8.70. The van der Waals surface area contributed by atoms with Gasteiger partial charge in [-0.15, -0.1) is 0 Å². The van der Waals surface area contributed by atoms with Crippen LogP contribution in [0.5, 0.6) is 0 Å². The zero-order valence-corrected chi connectivity index (χ0v) is 32.9. The van der Waals surface area contributed by atoms with E-state index in [2.05, 4.69) is 4.98 Å². The lowest BCUT2D eigenvalue weighted by molar-refractivity contribution is -0.391. The van der Waals surface area contributed by atoms with Gasteiger partial charge < -0.3 is 48.6 Å². The molecule has 5 aliphatic rings. The van der Waals surface area contributed by atoms with E-state index in [1.807, 2.05) is 0 Å². The van der Waals surface area contributed by atoms with Crippen LogP contribution in [0.1, 0.15) is 89.7 Å². The first-order valence-corrected chi connectivity index (χ1v) is 18.7. The van der Waals surface area contributed by atoms with Gasteiger partial charge in [0.2, 0.25) is 11.5 Å². The number of ketones is 1. The highest BCUT2D eigenvalue weighted by atomic mass is 16.7. The van der Waals surface area contributed by atoms with Crippen molar-refractivity contribution in [3.8, 4) is 0 Å². The average Bonchev–Trinajstić information content (AvgIpc) is 3.36. The number of aromatic nitrogens is 1. The number of carbonyl (C=O) groups excluding carboxylic acids is 7. The molecular formula is C39H48N2O16. The van der Waals surface area contributed by atoms with Crippen LogP contribution >= 0.6 is 0 Å². The molecule has 1 spiro atoms. The highest BCUT2D eigenvalue weighted by Crippen LogP contribution is 2.68. The summed E-state index contributed by atoms with van der Waals surface area (Å²) in [5, 5.41) is 38.7. The number of fused-ring (bicyclic) bond motifs is 5. The molecule has 18 nitrogen and oxygen atoms in total. The predicted molar refractivity (Wildman–Crippen MR) is 189 cm³/mol. The molecule has 1 saturated heterocycles. The highest BCUT2D eigenvalue weighted by molar-refractivity contribution is 5.93. The van der Waals surface area contributed by atoms with Crippen molar-refractivity contribution in [2.45, 2.75) is 127 Å². The topological polar surface area (TPSA) is 252 Å². The highest BCUT2D eigenvalue weighted by Gasteiger charge is 2.91. The second-order valence-electron chi connectivity index (χ2n) is 16.1. The molecule has 0 aromatic carbocycles. The van der Waals surface area contributed by atoms with E-state index in [0.29, 0.717) is 0 Å². The number of aliphatic hydroxyl groups excluding tert-OH is 2. The molecular weight excluding hydrogens is 752 g/mol. The molecule has 3 aliphatic heterocycles. The lowest BCUT2D eigenvalue weighted by Crippen LogP contribution is -2.90. The van der Waals surface area contributed by atoms with Crippen molar-refractivity contribution in [2.75, 3.05) is 13.7 Å². The van der Waals surface area contributed by atoms with Gasteiger partial charge in [0.05, 0.1) is 22.7 Å². The second-order valence-corrected chi connectivity index (χ2v) is 16.1. The minimum atomic E-state index is -3.02. The van der Waals surface area contributed by atoms with Crippen LogP contribution in [0.2, 0.25) is 0 Å². The summed E-state index contributed by atoms with van der Waals surface area (Å²) in [4.78, 5) is 99.4. The largest absolute Gasteiger partial charge is 0.459 e. The number of hydrogen-bond donors (Lipinski definition) is 3. The summed E-state index contributed by atoms with van der Waals surface area (Å²) in [6, 6.07) is 2.95. The third kappa shape index (κ3) is 6.31. The molecule has 57 heavy (non-hydrogen) atoms. The summed E-state index contributed by atoms with van der Waals surface area (Å²) in [5.41, 5.74) is -10.3. The third-order valence-corrected chi connectivity index (χ3v) is 12.6. The number of pyridine rings is 1. The fourth-order valence-electron chi connectivity index (χ4n) is 9.78. The van der Waals surface area contributed by atoms with Crippen molar-refractivity contribution < 1.29 is 77.3 Å². The summed E-state index contributed by atoms with van der Waals surface area (Å²) in [7, 11) is 1.42. The smallest absolute Gasteiger partial charge is 0.340 e. The summed E-state index contributed by atoms with van der Waals surface area (Å²) in [6.45, 7) is 7.95. The van der Waals surface area contributed by atoms with Crippen LogP contribution in [0.4, 0.5) is 0 Å². The Morgan fingerprint density at radius 1 is 0.912 bits per heavy atom. The maximum Gasteiger partial charge on any atom is 0.340 e. The Labute approximate surface area is 327 Å². The first-order chi connectivity index (χ1) is 26.5. The van der Waals surface area contributed by atoms with Crippen molar-refractivity contribution in [2.24, 2.45) is 17.8 Å². The molecule has 18 heteroatoms. The Kier molecular flexibility index (Phi) is 10.7. The maximum absolute atomic E-state index is 14.5. The lowest BCUT2D eigenvalue weighted by atomic mass is 9.47. The number of rotatable bonds is 5. The fourth-order valence-corrected chi connectivity index (χ4v) is 9.78. The molecule has 3 N–H and O–H groups in total. The van der Waals surface area contributed by atoms with Crippen molar-refractivity contribution in [3.05, 3.63) is 41.4 Å². The van der Waals surface area contributed by atoms with Crippen LogP contribution in [0.25, 0.3) is 0 Å². The molecule has 1 aromatic heterocycles. The van der Waals surface area contributed by atoms with Gasteiger partial charge in [-0.05, 0) is 32.4 Å². The first kappa shape index (κ1) is 41.8.